The summed E-state index contributed by atoms with van der Waals surface area (Å²) in [5.74, 6) is 0.310. The zero-order valence-corrected chi connectivity index (χ0v) is 13.0. The number of benzene rings is 1. The van der Waals surface area contributed by atoms with Gasteiger partial charge in [0.15, 0.2) is 11.6 Å². The number of rotatable bonds is 2. The van der Waals surface area contributed by atoms with Gasteiger partial charge < -0.3 is 10.5 Å². The van der Waals surface area contributed by atoms with Crippen LogP contribution in [0.15, 0.2) is 18.2 Å². The molecule has 0 radical (unpaired) electrons. The summed E-state index contributed by atoms with van der Waals surface area (Å²) in [7, 11) is 1.48. The van der Waals surface area contributed by atoms with Crippen LogP contribution in [0.25, 0.3) is 0 Å². The highest BCUT2D eigenvalue weighted by Crippen LogP contribution is 2.48. The number of methoxy groups -OCH3 is 1. The van der Waals surface area contributed by atoms with Crippen molar-refractivity contribution in [1.29, 1.82) is 0 Å². The van der Waals surface area contributed by atoms with Crippen LogP contribution in [-0.2, 0) is 5.54 Å². The fourth-order valence-corrected chi connectivity index (χ4v) is 3.70. The monoisotopic (exact) mass is 279 g/mol. The zero-order valence-electron chi connectivity index (χ0n) is 13.0. The lowest BCUT2D eigenvalue weighted by Gasteiger charge is -2.48. The molecule has 20 heavy (non-hydrogen) atoms. The van der Waals surface area contributed by atoms with Crippen LogP contribution in [0.3, 0.4) is 0 Å². The first-order valence-electron chi connectivity index (χ1n) is 7.42. The van der Waals surface area contributed by atoms with E-state index >= 15 is 0 Å². The second-order valence-corrected chi connectivity index (χ2v) is 7.05. The molecule has 2 rings (SSSR count). The van der Waals surface area contributed by atoms with Gasteiger partial charge in [0, 0.05) is 5.54 Å². The van der Waals surface area contributed by atoms with Crippen LogP contribution in [-0.4, -0.2) is 7.11 Å². The molecule has 1 aromatic carbocycles. The Morgan fingerprint density at radius 1 is 1.30 bits per heavy atom. The maximum absolute atomic E-state index is 14.0. The topological polar surface area (TPSA) is 35.2 Å². The fourth-order valence-electron chi connectivity index (χ4n) is 3.70. The van der Waals surface area contributed by atoms with Crippen molar-refractivity contribution in [2.75, 3.05) is 7.11 Å². The predicted molar refractivity (Wildman–Crippen MR) is 80.2 cm³/mol. The van der Waals surface area contributed by atoms with E-state index in [0.717, 1.165) is 24.8 Å². The van der Waals surface area contributed by atoms with Crippen molar-refractivity contribution in [3.63, 3.8) is 0 Å². The Hall–Kier alpha value is -1.09. The molecule has 0 bridgehead atoms. The maximum atomic E-state index is 14.0. The van der Waals surface area contributed by atoms with Crippen molar-refractivity contribution in [3.8, 4) is 5.75 Å². The number of halogens is 1. The first kappa shape index (κ1) is 15.3. The van der Waals surface area contributed by atoms with Gasteiger partial charge >= 0.3 is 0 Å². The first-order valence-corrected chi connectivity index (χ1v) is 7.42. The third kappa shape index (κ3) is 2.69. The van der Waals surface area contributed by atoms with Crippen LogP contribution in [0.5, 0.6) is 5.75 Å². The van der Waals surface area contributed by atoms with Crippen molar-refractivity contribution in [2.45, 2.75) is 52.0 Å². The third-order valence-corrected chi connectivity index (χ3v) is 4.69. The van der Waals surface area contributed by atoms with Crippen molar-refractivity contribution in [3.05, 3.63) is 29.6 Å². The summed E-state index contributed by atoms with van der Waals surface area (Å²) < 4.78 is 19.0. The Morgan fingerprint density at radius 2 is 2.00 bits per heavy atom. The Kier molecular flexibility index (Phi) is 4.10. The highest BCUT2D eigenvalue weighted by Gasteiger charge is 2.44. The quantitative estimate of drug-likeness (QED) is 0.879. The summed E-state index contributed by atoms with van der Waals surface area (Å²) in [6.45, 7) is 6.68. The molecule has 2 atom stereocenters. The van der Waals surface area contributed by atoms with E-state index in [0.29, 0.717) is 5.92 Å². The molecule has 0 heterocycles. The van der Waals surface area contributed by atoms with Crippen LogP contribution in [0.2, 0.25) is 0 Å². The summed E-state index contributed by atoms with van der Waals surface area (Å²) in [5, 5.41) is 0. The van der Waals surface area contributed by atoms with E-state index in [2.05, 4.69) is 20.8 Å². The van der Waals surface area contributed by atoms with E-state index in [-0.39, 0.29) is 17.0 Å². The molecule has 0 aromatic heterocycles. The largest absolute Gasteiger partial charge is 0.494 e. The maximum Gasteiger partial charge on any atom is 0.165 e. The van der Waals surface area contributed by atoms with Crippen molar-refractivity contribution >= 4 is 0 Å². The lowest BCUT2D eigenvalue weighted by Crippen LogP contribution is -2.51. The Bertz CT molecular complexity index is 480. The van der Waals surface area contributed by atoms with E-state index in [1.165, 1.54) is 13.5 Å². The Morgan fingerprint density at radius 3 is 2.55 bits per heavy atom. The molecule has 2 N–H and O–H groups in total. The summed E-state index contributed by atoms with van der Waals surface area (Å²) in [4.78, 5) is 0. The average molecular weight is 279 g/mol. The molecule has 1 saturated carbocycles. The number of ether oxygens (including phenoxy) is 1. The van der Waals surface area contributed by atoms with Gasteiger partial charge in [-0.25, -0.2) is 4.39 Å². The molecule has 1 aromatic rings. The lowest BCUT2D eigenvalue weighted by molar-refractivity contribution is 0.0775. The molecule has 0 spiro atoms. The van der Waals surface area contributed by atoms with Gasteiger partial charge in [0.1, 0.15) is 0 Å². The van der Waals surface area contributed by atoms with E-state index < -0.39 is 5.54 Å². The van der Waals surface area contributed by atoms with Crippen LogP contribution in [0.1, 0.15) is 52.0 Å². The molecular weight excluding hydrogens is 253 g/mol. The summed E-state index contributed by atoms with van der Waals surface area (Å²) in [5.41, 5.74) is 7.34. The van der Waals surface area contributed by atoms with Crippen LogP contribution in [0, 0.1) is 17.2 Å². The predicted octanol–water partition coefficient (Wildman–Crippen LogP) is 4.22. The minimum atomic E-state index is -0.441. The standard InChI is InChI=1S/C17H26FNO/c1-16(2,3)15-7-5-6-10-17(15,19)12-8-9-14(20-4)13(18)11-12/h8-9,11,15H,5-7,10,19H2,1-4H3. The zero-order chi connectivity index (χ0) is 15.0. The van der Waals surface area contributed by atoms with Crippen LogP contribution < -0.4 is 10.5 Å². The second-order valence-electron chi connectivity index (χ2n) is 7.05. The Labute approximate surface area is 121 Å². The van der Waals surface area contributed by atoms with Gasteiger partial charge in [-0.15, -0.1) is 0 Å². The van der Waals surface area contributed by atoms with Gasteiger partial charge in [-0.05, 0) is 41.9 Å². The van der Waals surface area contributed by atoms with Gasteiger partial charge in [0.2, 0.25) is 0 Å². The molecule has 1 fully saturated rings. The summed E-state index contributed by atoms with van der Waals surface area (Å²) in [6, 6.07) is 5.17. The molecule has 1 aliphatic rings. The smallest absolute Gasteiger partial charge is 0.165 e. The minimum Gasteiger partial charge on any atom is -0.494 e. The van der Waals surface area contributed by atoms with Crippen LogP contribution >= 0.6 is 0 Å². The van der Waals surface area contributed by atoms with Gasteiger partial charge in [0.25, 0.3) is 0 Å². The van der Waals surface area contributed by atoms with E-state index in [4.69, 9.17) is 10.5 Å². The molecule has 1 aliphatic carbocycles. The van der Waals surface area contributed by atoms with Crippen LogP contribution in [0.4, 0.5) is 4.39 Å². The van der Waals surface area contributed by atoms with Crippen molar-refractivity contribution in [2.24, 2.45) is 17.1 Å². The van der Waals surface area contributed by atoms with Gasteiger partial charge in [0.05, 0.1) is 7.11 Å². The first-order chi connectivity index (χ1) is 9.29. The number of nitrogens with two attached hydrogens (primary N) is 1. The van der Waals surface area contributed by atoms with Gasteiger partial charge in [-0.3, -0.25) is 0 Å². The fraction of sp³-hybridized carbons (Fsp3) is 0.647. The molecule has 112 valence electrons. The highest BCUT2D eigenvalue weighted by atomic mass is 19.1. The highest BCUT2D eigenvalue weighted by molar-refractivity contribution is 5.34. The molecule has 2 unspecified atom stereocenters. The van der Waals surface area contributed by atoms with E-state index in [1.807, 2.05) is 6.07 Å². The number of hydrogen-bond acceptors (Lipinski definition) is 2. The SMILES string of the molecule is COc1ccc(C2(N)CCCCC2C(C)(C)C)cc1F. The third-order valence-electron chi connectivity index (χ3n) is 4.69. The summed E-state index contributed by atoms with van der Waals surface area (Å²) >= 11 is 0. The van der Waals surface area contributed by atoms with Crippen molar-refractivity contribution in [1.82, 2.24) is 0 Å². The molecule has 0 amide bonds. The van der Waals surface area contributed by atoms with E-state index in [9.17, 15) is 4.39 Å². The lowest BCUT2D eigenvalue weighted by atomic mass is 9.60. The number of hydrogen-bond donors (Lipinski definition) is 1. The van der Waals surface area contributed by atoms with Crippen molar-refractivity contribution < 1.29 is 9.13 Å². The molecule has 0 aliphatic heterocycles. The van der Waals surface area contributed by atoms with Gasteiger partial charge in [-0.1, -0.05) is 39.7 Å². The summed E-state index contributed by atoms with van der Waals surface area (Å²) in [6.07, 6.45) is 4.34. The minimum absolute atomic E-state index is 0.117. The molecule has 0 saturated heterocycles. The van der Waals surface area contributed by atoms with E-state index in [1.54, 1.807) is 12.1 Å². The Balaban J connectivity index is 2.43. The average Bonchev–Trinajstić information content (AvgIpc) is 2.37. The molecule has 2 nitrogen and oxygen atoms in total. The second kappa shape index (κ2) is 5.36. The molecule has 3 heteroatoms. The normalized spacial score (nSPS) is 27.4. The molecular formula is C17H26FNO. The van der Waals surface area contributed by atoms with Gasteiger partial charge in [-0.2, -0.15) is 0 Å².